The summed E-state index contributed by atoms with van der Waals surface area (Å²) in [5, 5.41) is 12.4. The van der Waals surface area contributed by atoms with Crippen molar-refractivity contribution < 1.29 is 39.4 Å². The molecule has 9 heteroatoms. The van der Waals surface area contributed by atoms with Crippen LogP contribution in [0.1, 0.15) is 110 Å². The molecular weight excluding hydrogens is 391 g/mol. The number of hydrogen-bond donors (Lipinski definition) is 1. The van der Waals surface area contributed by atoms with Gasteiger partial charge in [-0.1, -0.05) is 108 Å². The third-order valence-electron chi connectivity index (χ3n) is 4.88. The second-order valence-electron chi connectivity index (χ2n) is 7.51. The summed E-state index contributed by atoms with van der Waals surface area (Å²) in [5.41, 5.74) is 21.8. The average molecular weight is 435 g/mol. The normalized spacial score (nSPS) is 10.7. The molecule has 8 nitrogen and oxygen atoms in total. The number of nitrogens with zero attached hydrogens (tertiary/aromatic N) is 6. The quantitative estimate of drug-likeness (QED) is 0.0911. The maximum atomic E-state index is 8.96. The van der Waals surface area contributed by atoms with Crippen LogP contribution >= 0.6 is 0 Å². The first-order chi connectivity index (χ1) is 14.3. The summed E-state index contributed by atoms with van der Waals surface area (Å²) < 4.78 is 5.43. The number of aliphatic hydroxyl groups excluding tert-OH is 1. The molecule has 0 rings (SSSR count). The summed E-state index contributed by atoms with van der Waals surface area (Å²) in [6, 6.07) is -0.443. The molecule has 0 unspecified atom stereocenters. The van der Waals surface area contributed by atoms with E-state index in [0.717, 1.165) is 6.42 Å². The second-order valence-corrected chi connectivity index (χ2v) is 7.51. The zero-order chi connectivity index (χ0) is 21.8. The van der Waals surface area contributed by atoms with Crippen molar-refractivity contribution in [1.29, 1.82) is 0 Å². The summed E-state index contributed by atoms with van der Waals surface area (Å²) in [4.78, 5) is 4.19. The molecule has 0 amide bonds. The van der Waals surface area contributed by atoms with E-state index in [1.54, 1.807) is 0 Å². The van der Waals surface area contributed by atoms with Crippen molar-refractivity contribution in [2.45, 2.75) is 116 Å². The van der Waals surface area contributed by atoms with Crippen LogP contribution in [0.25, 0.3) is 26.4 Å². The molecule has 0 radical (unpaired) electrons. The first kappa shape index (κ1) is 34.2. The van der Waals surface area contributed by atoms with Gasteiger partial charge in [-0.15, -0.1) is 0 Å². The van der Waals surface area contributed by atoms with Crippen molar-refractivity contribution >= 4 is 0 Å². The minimum absolute atomic E-state index is 0. The fourth-order valence-electron chi connectivity index (χ4n) is 3.17. The van der Waals surface area contributed by atoms with E-state index in [4.69, 9.17) is 26.4 Å². The molecule has 0 aliphatic carbocycles. The van der Waals surface area contributed by atoms with Gasteiger partial charge in [0.1, 0.15) is 0 Å². The Labute approximate surface area is 205 Å². The summed E-state index contributed by atoms with van der Waals surface area (Å²) in [6.45, 7) is 3.14. The summed E-state index contributed by atoms with van der Waals surface area (Å²) in [6.07, 6.45) is 21.8. The molecule has 0 aliphatic heterocycles. The van der Waals surface area contributed by atoms with Crippen LogP contribution in [0.3, 0.4) is 0 Å². The molecule has 0 aliphatic rings. The molecule has 0 heterocycles. The van der Waals surface area contributed by atoms with E-state index < -0.39 is 6.04 Å². The number of hydrogen-bond acceptors (Lipinski definition) is 3. The van der Waals surface area contributed by atoms with Crippen molar-refractivity contribution in [3.05, 3.63) is 26.4 Å². The van der Waals surface area contributed by atoms with Gasteiger partial charge >= 0.3 is 29.6 Å². The van der Waals surface area contributed by atoms with Crippen molar-refractivity contribution in [2.24, 2.45) is 5.11 Å². The van der Waals surface area contributed by atoms with Gasteiger partial charge in [0, 0.05) is 11.5 Å². The fourth-order valence-corrected chi connectivity index (χ4v) is 3.17. The second kappa shape index (κ2) is 33.2. The van der Waals surface area contributed by atoms with Crippen molar-refractivity contribution in [3.8, 4) is 0 Å². The number of rotatable bonds is 21. The Morgan fingerprint density at radius 2 is 1.10 bits per heavy atom. The van der Waals surface area contributed by atoms with E-state index in [9.17, 15) is 0 Å². The standard InChI is InChI=1S/C21H43N3O2.N3.Na/c1-2-3-4-5-6-7-8-9-10-11-12-13-14-15-16-17-18-26-20-21(19-25)23-24-22;1-3-2;/h21,25H,2-20H2,1H3;;/q;-1;+1/t21-;;/m0../s1. The van der Waals surface area contributed by atoms with Crippen molar-refractivity contribution in [3.63, 3.8) is 0 Å². The number of unbranched alkanes of at least 4 members (excludes halogenated alkanes) is 15. The summed E-state index contributed by atoms with van der Waals surface area (Å²) >= 11 is 0. The van der Waals surface area contributed by atoms with Crippen LogP contribution < -0.4 is 29.6 Å². The van der Waals surface area contributed by atoms with Crippen LogP contribution in [-0.2, 0) is 4.74 Å². The first-order valence-corrected chi connectivity index (χ1v) is 11.5. The maximum absolute atomic E-state index is 8.96. The fraction of sp³-hybridized carbons (Fsp3) is 1.00. The van der Waals surface area contributed by atoms with Gasteiger partial charge in [-0.25, -0.2) is 0 Å². The topological polar surface area (TPSA) is 137 Å². The van der Waals surface area contributed by atoms with Gasteiger partial charge in [-0.2, -0.15) is 0 Å². The average Bonchev–Trinajstić information content (AvgIpc) is 2.72. The van der Waals surface area contributed by atoms with E-state index in [1.807, 2.05) is 0 Å². The number of aliphatic hydroxyl groups is 1. The molecular formula is C21H43N6NaO2. The van der Waals surface area contributed by atoms with Crippen LogP contribution in [-0.4, -0.2) is 31.0 Å². The Balaban J connectivity index is -0.00000171. The van der Waals surface area contributed by atoms with Gasteiger partial charge in [0.15, 0.2) is 0 Å². The van der Waals surface area contributed by atoms with Gasteiger partial charge in [-0.05, 0) is 12.0 Å². The van der Waals surface area contributed by atoms with Gasteiger partial charge in [-0.3, -0.25) is 4.91 Å². The predicted molar refractivity (Wildman–Crippen MR) is 120 cm³/mol. The van der Waals surface area contributed by atoms with E-state index in [1.165, 1.54) is 101 Å². The Morgan fingerprint density at radius 1 is 0.733 bits per heavy atom. The van der Waals surface area contributed by atoms with Gasteiger partial charge in [0.25, 0.3) is 0 Å². The Hall–Kier alpha value is -0.460. The van der Waals surface area contributed by atoms with Crippen molar-refractivity contribution in [1.82, 2.24) is 0 Å². The molecule has 30 heavy (non-hydrogen) atoms. The minimum Gasteiger partial charge on any atom is -0.396 e. The molecule has 0 saturated carbocycles. The zero-order valence-electron chi connectivity index (χ0n) is 19.6. The zero-order valence-corrected chi connectivity index (χ0v) is 21.6. The first-order valence-electron chi connectivity index (χ1n) is 11.5. The van der Waals surface area contributed by atoms with E-state index >= 15 is 0 Å². The number of azide groups is 1. The molecule has 0 saturated heterocycles. The SMILES string of the molecule is CCCCCCCCCCCCCCCCCCOC[C@H](CO)N=[N+]=[N-].[N-]=[N+]=[N-].[Na+]. The maximum Gasteiger partial charge on any atom is 1.00 e. The van der Waals surface area contributed by atoms with Crippen LogP contribution in [0.15, 0.2) is 5.11 Å². The smallest absolute Gasteiger partial charge is 0.396 e. The monoisotopic (exact) mass is 434 g/mol. The van der Waals surface area contributed by atoms with Gasteiger partial charge in [0.2, 0.25) is 0 Å². The van der Waals surface area contributed by atoms with Crippen LogP contribution in [0.2, 0.25) is 0 Å². The Morgan fingerprint density at radius 3 is 1.43 bits per heavy atom. The largest absolute Gasteiger partial charge is 1.00 e. The molecule has 0 bridgehead atoms. The molecule has 1 atom stereocenters. The third-order valence-corrected chi connectivity index (χ3v) is 4.88. The molecule has 1 N–H and O–H groups in total. The molecule has 0 spiro atoms. The minimum atomic E-state index is -0.443. The predicted octanol–water partition coefficient (Wildman–Crippen LogP) is 4.81. The van der Waals surface area contributed by atoms with E-state index in [2.05, 4.69) is 16.9 Å². The number of ether oxygens (including phenoxy) is 1. The summed E-state index contributed by atoms with van der Waals surface area (Å²) in [5.74, 6) is 0. The summed E-state index contributed by atoms with van der Waals surface area (Å²) in [7, 11) is 0. The molecule has 170 valence electrons. The van der Waals surface area contributed by atoms with Gasteiger partial charge in [0.05, 0.1) is 19.3 Å². The Bertz CT molecular complexity index is 403. The van der Waals surface area contributed by atoms with Crippen LogP contribution in [0.5, 0.6) is 0 Å². The molecule has 0 aromatic rings. The molecule has 0 aromatic heterocycles. The van der Waals surface area contributed by atoms with E-state index in [-0.39, 0.29) is 36.2 Å². The molecule has 0 fully saturated rings. The van der Waals surface area contributed by atoms with Crippen LogP contribution in [0, 0.1) is 0 Å². The van der Waals surface area contributed by atoms with Gasteiger partial charge < -0.3 is 20.9 Å². The third kappa shape index (κ3) is 32.2. The Kier molecular flexibility index (Phi) is 37.8. The van der Waals surface area contributed by atoms with Crippen molar-refractivity contribution in [2.75, 3.05) is 19.8 Å². The van der Waals surface area contributed by atoms with Crippen LogP contribution in [0.4, 0.5) is 0 Å². The van der Waals surface area contributed by atoms with E-state index in [0.29, 0.717) is 13.2 Å². The molecule has 0 aromatic carbocycles.